The molecule has 1 unspecified atom stereocenters. The van der Waals surface area contributed by atoms with E-state index in [2.05, 4.69) is 21.2 Å². The molecule has 0 radical (unpaired) electrons. The predicted molar refractivity (Wildman–Crippen MR) is 156 cm³/mol. The second kappa shape index (κ2) is 11.3. The summed E-state index contributed by atoms with van der Waals surface area (Å²) in [4.78, 5) is 40.3. The molecule has 4 aromatic rings. The topological polar surface area (TPSA) is 134 Å². The number of benzene rings is 3. The minimum atomic E-state index is -3.49. The van der Waals surface area contributed by atoms with Gasteiger partial charge < -0.3 is 19.7 Å². The first kappa shape index (κ1) is 28.8. The molecular formula is C29H24BrClN2O7S. The first-order valence-corrected chi connectivity index (χ1v) is 15.6. The average Bonchev–Trinajstić information content (AvgIpc) is 3.39. The summed E-state index contributed by atoms with van der Waals surface area (Å²) >= 11 is 10.1. The Labute approximate surface area is 249 Å². The summed E-state index contributed by atoms with van der Waals surface area (Å²) in [7, 11) is -3.49. The highest BCUT2D eigenvalue weighted by Gasteiger charge is 2.30. The Kier molecular flexibility index (Phi) is 7.95. The van der Waals surface area contributed by atoms with Crippen molar-refractivity contribution >= 4 is 66.1 Å². The van der Waals surface area contributed by atoms with Crippen molar-refractivity contribution in [3.8, 4) is 0 Å². The summed E-state index contributed by atoms with van der Waals surface area (Å²) in [5.74, 6) is -2.14. The van der Waals surface area contributed by atoms with Crippen LogP contribution in [0.4, 0.5) is 0 Å². The van der Waals surface area contributed by atoms with Crippen molar-refractivity contribution in [2.24, 2.45) is 0 Å². The molecule has 0 saturated carbocycles. The van der Waals surface area contributed by atoms with E-state index in [0.717, 1.165) is 17.2 Å². The lowest BCUT2D eigenvalue weighted by Gasteiger charge is -2.30. The monoisotopic (exact) mass is 658 g/mol. The normalized spacial score (nSPS) is 14.0. The zero-order valence-corrected chi connectivity index (χ0v) is 24.8. The van der Waals surface area contributed by atoms with Crippen molar-refractivity contribution in [2.75, 3.05) is 12.8 Å². The third kappa shape index (κ3) is 6.02. The summed E-state index contributed by atoms with van der Waals surface area (Å²) in [6.45, 7) is 0.651. The third-order valence-electron chi connectivity index (χ3n) is 6.99. The maximum atomic E-state index is 13.3. The number of halogens is 2. The van der Waals surface area contributed by atoms with Gasteiger partial charge in [0.15, 0.2) is 9.84 Å². The predicted octanol–water partition coefficient (Wildman–Crippen LogP) is 4.88. The number of carboxylic acids is 1. The zero-order valence-electron chi connectivity index (χ0n) is 21.7. The summed E-state index contributed by atoms with van der Waals surface area (Å²) in [5.41, 5.74) is 3.12. The molecule has 0 saturated heterocycles. The third-order valence-corrected chi connectivity index (χ3v) is 9.14. The molecule has 2 N–H and O–H groups in total. The van der Waals surface area contributed by atoms with E-state index in [-0.39, 0.29) is 34.4 Å². The van der Waals surface area contributed by atoms with Crippen LogP contribution in [0.15, 0.2) is 74.6 Å². The van der Waals surface area contributed by atoms with E-state index in [1.165, 1.54) is 18.2 Å². The molecule has 12 heteroatoms. The van der Waals surface area contributed by atoms with Gasteiger partial charge in [0.1, 0.15) is 11.6 Å². The maximum Gasteiger partial charge on any atom is 0.326 e. The molecular weight excluding hydrogens is 636 g/mol. The molecule has 41 heavy (non-hydrogen) atoms. The van der Waals surface area contributed by atoms with Crippen LogP contribution in [0.25, 0.3) is 11.0 Å². The van der Waals surface area contributed by atoms with E-state index >= 15 is 0 Å². The first-order chi connectivity index (χ1) is 19.4. The molecule has 2 heterocycles. The number of aliphatic carboxylic acids is 1. The molecule has 2 amide bonds. The van der Waals surface area contributed by atoms with Gasteiger partial charge in [-0.1, -0.05) is 29.8 Å². The maximum absolute atomic E-state index is 13.3. The highest BCUT2D eigenvalue weighted by atomic mass is 79.9. The van der Waals surface area contributed by atoms with Crippen LogP contribution >= 0.6 is 27.5 Å². The van der Waals surface area contributed by atoms with Crippen molar-refractivity contribution < 1.29 is 32.3 Å². The fourth-order valence-electron chi connectivity index (χ4n) is 4.87. The van der Waals surface area contributed by atoms with Gasteiger partial charge in [0.2, 0.25) is 0 Å². The number of amides is 2. The second-order valence-electron chi connectivity index (χ2n) is 9.82. The second-order valence-corrected chi connectivity index (χ2v) is 13.1. The van der Waals surface area contributed by atoms with Crippen molar-refractivity contribution in [2.45, 2.75) is 30.3 Å². The minimum Gasteiger partial charge on any atom is -0.480 e. The number of fused-ring (bicyclic) bond motifs is 2. The number of sulfone groups is 1. The van der Waals surface area contributed by atoms with E-state index < -0.39 is 27.8 Å². The van der Waals surface area contributed by atoms with E-state index in [4.69, 9.17) is 16.0 Å². The molecule has 5 rings (SSSR count). The highest BCUT2D eigenvalue weighted by molar-refractivity contribution is 9.10. The van der Waals surface area contributed by atoms with Gasteiger partial charge in [0.25, 0.3) is 11.8 Å². The molecule has 9 nitrogen and oxygen atoms in total. The van der Waals surface area contributed by atoms with Gasteiger partial charge >= 0.3 is 5.97 Å². The van der Waals surface area contributed by atoms with E-state index in [1.54, 1.807) is 35.4 Å². The molecule has 1 aromatic heterocycles. The van der Waals surface area contributed by atoms with E-state index in [1.807, 2.05) is 12.1 Å². The molecule has 212 valence electrons. The van der Waals surface area contributed by atoms with Crippen LogP contribution in [0.2, 0.25) is 5.02 Å². The lowest BCUT2D eigenvalue weighted by molar-refractivity contribution is -0.139. The van der Waals surface area contributed by atoms with Gasteiger partial charge in [-0.2, -0.15) is 0 Å². The molecule has 0 aliphatic carbocycles. The van der Waals surface area contributed by atoms with Crippen LogP contribution in [-0.4, -0.2) is 55.1 Å². The van der Waals surface area contributed by atoms with Gasteiger partial charge in [-0.05, 0) is 75.4 Å². The lowest BCUT2D eigenvalue weighted by atomic mass is 9.95. The molecule has 0 spiro atoms. The minimum absolute atomic E-state index is 0.0555. The Morgan fingerprint density at radius 2 is 1.93 bits per heavy atom. The van der Waals surface area contributed by atoms with Crippen LogP contribution in [-0.2, 0) is 34.0 Å². The number of rotatable bonds is 7. The molecule has 1 atom stereocenters. The van der Waals surface area contributed by atoms with Crippen molar-refractivity contribution in [1.29, 1.82) is 0 Å². The van der Waals surface area contributed by atoms with Crippen LogP contribution in [0.1, 0.15) is 37.4 Å². The fourth-order valence-corrected chi connectivity index (χ4v) is 6.74. The highest BCUT2D eigenvalue weighted by Crippen LogP contribution is 2.35. The molecule has 0 fully saturated rings. The SMILES string of the molecule is CS(=O)(=O)c1cccc(CC(NC(=O)c2c(Br)cc3c(c2Cl)CCN(C(=O)c2ccc4ccoc4c2)C3)C(=O)O)c1. The van der Waals surface area contributed by atoms with Gasteiger partial charge in [0.05, 0.1) is 21.7 Å². The van der Waals surface area contributed by atoms with Crippen molar-refractivity contribution in [3.63, 3.8) is 0 Å². The molecule has 1 aliphatic rings. The Bertz CT molecular complexity index is 1820. The first-order valence-electron chi connectivity index (χ1n) is 12.5. The summed E-state index contributed by atoms with van der Waals surface area (Å²) < 4.78 is 29.6. The molecule has 0 bridgehead atoms. The summed E-state index contributed by atoms with van der Waals surface area (Å²) in [6.07, 6.45) is 2.90. The Hall–Kier alpha value is -3.67. The van der Waals surface area contributed by atoms with Gasteiger partial charge in [-0.3, -0.25) is 9.59 Å². The number of nitrogens with one attached hydrogen (secondary N) is 1. The van der Waals surface area contributed by atoms with Gasteiger partial charge in [-0.15, -0.1) is 0 Å². The lowest BCUT2D eigenvalue weighted by Crippen LogP contribution is -2.43. The van der Waals surface area contributed by atoms with Crippen LogP contribution in [0.5, 0.6) is 0 Å². The standard InChI is InChI=1S/C29H24BrClN2O7S/c1-41(38,39)20-4-2-3-16(11-20)12-23(29(36)37)32-27(34)25-22(30)13-19-15-33(9-7-21(19)26(25)31)28(35)18-6-5-17-8-10-40-24(17)14-18/h2-6,8,10-11,13-14,23H,7,9,12,15H2,1H3,(H,32,34)(H,36,37). The zero-order chi connectivity index (χ0) is 29.5. The van der Waals surface area contributed by atoms with E-state index in [9.17, 15) is 27.9 Å². The quantitative estimate of drug-likeness (QED) is 0.289. The largest absolute Gasteiger partial charge is 0.480 e. The Morgan fingerprint density at radius 3 is 2.66 bits per heavy atom. The van der Waals surface area contributed by atoms with Crippen molar-refractivity contribution in [1.82, 2.24) is 10.2 Å². The smallest absolute Gasteiger partial charge is 0.326 e. The number of hydrogen-bond acceptors (Lipinski definition) is 6. The van der Waals surface area contributed by atoms with E-state index in [0.29, 0.717) is 39.7 Å². The van der Waals surface area contributed by atoms with Crippen LogP contribution in [0, 0.1) is 0 Å². The Morgan fingerprint density at radius 1 is 1.15 bits per heavy atom. The van der Waals surface area contributed by atoms with Gasteiger partial charge in [-0.25, -0.2) is 13.2 Å². The average molecular weight is 660 g/mol. The number of furan rings is 1. The number of nitrogens with zero attached hydrogens (tertiary/aromatic N) is 1. The number of carboxylic acid groups (broad SMARTS) is 1. The van der Waals surface area contributed by atoms with Crippen molar-refractivity contribution in [3.05, 3.63) is 98.2 Å². The molecule has 3 aromatic carbocycles. The Balaban J connectivity index is 1.35. The fraction of sp³-hybridized carbons (Fsp3) is 0.207. The summed E-state index contributed by atoms with van der Waals surface area (Å²) in [5, 5.41) is 13.4. The van der Waals surface area contributed by atoms with Crippen LogP contribution in [0.3, 0.4) is 0 Å². The number of carbonyl (C=O) groups is 3. The summed E-state index contributed by atoms with van der Waals surface area (Å²) in [6, 6.07) is 13.4. The van der Waals surface area contributed by atoms with Crippen LogP contribution < -0.4 is 5.32 Å². The number of carbonyl (C=O) groups excluding carboxylic acids is 2. The number of hydrogen-bond donors (Lipinski definition) is 2. The van der Waals surface area contributed by atoms with Gasteiger partial charge in [0, 0.05) is 41.2 Å². The molecule has 1 aliphatic heterocycles.